The van der Waals surface area contributed by atoms with Crippen molar-refractivity contribution in [2.75, 3.05) is 19.6 Å². The van der Waals surface area contributed by atoms with Crippen molar-refractivity contribution in [3.63, 3.8) is 0 Å². The normalized spacial score (nSPS) is 17.0. The van der Waals surface area contributed by atoms with Gasteiger partial charge in [0.1, 0.15) is 11.9 Å². The van der Waals surface area contributed by atoms with E-state index in [4.69, 9.17) is 10.5 Å². The number of hydrogen-bond donors (Lipinski definition) is 1. The summed E-state index contributed by atoms with van der Waals surface area (Å²) >= 11 is 0. The number of nitrogens with two attached hydrogens (primary N) is 1. The number of nitrogens with zero attached hydrogens (tertiary/aromatic N) is 2. The number of pyridine rings is 1. The first-order valence-electron chi connectivity index (χ1n) is 10.2. The Bertz CT molecular complexity index is 928. The Balaban J connectivity index is 1.43. The number of ether oxygens (including phenoxy) is 1. The van der Waals surface area contributed by atoms with E-state index in [0.29, 0.717) is 6.10 Å². The quantitative estimate of drug-likeness (QED) is 0.718. The SMILES string of the molecule is Cc1c(-c2ccc(OC3CCN(C[C@H](C)N)CC3)cc2)ccc2cccnc12. The fourth-order valence-electron chi connectivity index (χ4n) is 4.13. The van der Waals surface area contributed by atoms with Crippen molar-refractivity contribution >= 4 is 10.9 Å². The van der Waals surface area contributed by atoms with Gasteiger partial charge in [-0.05, 0) is 61.6 Å². The summed E-state index contributed by atoms with van der Waals surface area (Å²) in [6.45, 7) is 7.31. The summed E-state index contributed by atoms with van der Waals surface area (Å²) < 4.78 is 6.23. The second kappa shape index (κ2) is 8.29. The molecule has 0 unspecified atom stereocenters. The average molecular weight is 376 g/mol. The molecular weight excluding hydrogens is 346 g/mol. The van der Waals surface area contributed by atoms with Crippen LogP contribution in [0.4, 0.5) is 0 Å². The van der Waals surface area contributed by atoms with Crippen LogP contribution in [0.2, 0.25) is 0 Å². The highest BCUT2D eigenvalue weighted by Gasteiger charge is 2.21. The van der Waals surface area contributed by atoms with Crippen LogP contribution in [-0.4, -0.2) is 41.7 Å². The molecule has 2 N–H and O–H groups in total. The van der Waals surface area contributed by atoms with E-state index in [9.17, 15) is 0 Å². The maximum absolute atomic E-state index is 6.23. The third-order valence-corrected chi connectivity index (χ3v) is 5.58. The van der Waals surface area contributed by atoms with E-state index in [1.807, 2.05) is 12.3 Å². The van der Waals surface area contributed by atoms with Crippen LogP contribution >= 0.6 is 0 Å². The predicted octanol–water partition coefficient (Wildman–Crippen LogP) is 4.40. The van der Waals surface area contributed by atoms with Crippen molar-refractivity contribution in [2.24, 2.45) is 5.73 Å². The number of aryl methyl sites for hydroxylation is 1. The molecule has 1 fully saturated rings. The van der Waals surface area contributed by atoms with Gasteiger partial charge in [0.15, 0.2) is 0 Å². The van der Waals surface area contributed by atoms with Gasteiger partial charge in [-0.25, -0.2) is 0 Å². The monoisotopic (exact) mass is 375 g/mol. The molecule has 0 amide bonds. The Morgan fingerprint density at radius 1 is 1.11 bits per heavy atom. The molecule has 146 valence electrons. The van der Waals surface area contributed by atoms with Gasteiger partial charge in [0.2, 0.25) is 0 Å². The Hall–Kier alpha value is -2.43. The Labute approximate surface area is 167 Å². The first kappa shape index (κ1) is 18.9. The zero-order valence-electron chi connectivity index (χ0n) is 16.8. The number of likely N-dealkylation sites (tertiary alicyclic amines) is 1. The maximum atomic E-state index is 6.23. The van der Waals surface area contributed by atoms with Crippen molar-refractivity contribution < 1.29 is 4.74 Å². The predicted molar refractivity (Wildman–Crippen MR) is 116 cm³/mol. The molecule has 0 bridgehead atoms. The molecule has 2 aromatic carbocycles. The Morgan fingerprint density at radius 2 is 1.86 bits per heavy atom. The number of aromatic nitrogens is 1. The molecule has 0 saturated carbocycles. The Morgan fingerprint density at radius 3 is 2.57 bits per heavy atom. The number of hydrogen-bond acceptors (Lipinski definition) is 4. The van der Waals surface area contributed by atoms with Crippen molar-refractivity contribution in [3.05, 3.63) is 60.3 Å². The molecule has 1 atom stereocenters. The zero-order chi connectivity index (χ0) is 19.5. The minimum Gasteiger partial charge on any atom is -0.490 e. The van der Waals surface area contributed by atoms with Crippen LogP contribution in [0.3, 0.4) is 0 Å². The van der Waals surface area contributed by atoms with E-state index < -0.39 is 0 Å². The topological polar surface area (TPSA) is 51.4 Å². The van der Waals surface area contributed by atoms with Gasteiger partial charge in [0, 0.05) is 37.3 Å². The van der Waals surface area contributed by atoms with Crippen molar-refractivity contribution in [3.8, 4) is 16.9 Å². The van der Waals surface area contributed by atoms with Crippen LogP contribution in [0.1, 0.15) is 25.3 Å². The summed E-state index contributed by atoms with van der Waals surface area (Å²) in [4.78, 5) is 6.98. The summed E-state index contributed by atoms with van der Waals surface area (Å²) in [7, 11) is 0. The molecule has 1 saturated heterocycles. The van der Waals surface area contributed by atoms with Gasteiger partial charge in [-0.2, -0.15) is 0 Å². The molecule has 0 radical (unpaired) electrons. The third-order valence-electron chi connectivity index (χ3n) is 5.58. The second-order valence-electron chi connectivity index (χ2n) is 7.93. The van der Waals surface area contributed by atoms with Crippen molar-refractivity contribution in [1.29, 1.82) is 0 Å². The lowest BCUT2D eigenvalue weighted by Gasteiger charge is -2.33. The van der Waals surface area contributed by atoms with Crippen LogP contribution < -0.4 is 10.5 Å². The average Bonchev–Trinajstić information content (AvgIpc) is 2.70. The van der Waals surface area contributed by atoms with Gasteiger partial charge in [0.25, 0.3) is 0 Å². The number of piperidine rings is 1. The van der Waals surface area contributed by atoms with Crippen LogP contribution in [0, 0.1) is 6.92 Å². The molecule has 0 aliphatic carbocycles. The lowest BCUT2D eigenvalue weighted by molar-refractivity contribution is 0.0981. The molecule has 1 aromatic heterocycles. The van der Waals surface area contributed by atoms with Crippen LogP contribution in [-0.2, 0) is 0 Å². The van der Waals surface area contributed by atoms with E-state index in [2.05, 4.69) is 66.2 Å². The summed E-state index contributed by atoms with van der Waals surface area (Å²) in [5.41, 5.74) is 10.6. The molecule has 28 heavy (non-hydrogen) atoms. The molecule has 0 spiro atoms. The van der Waals surface area contributed by atoms with Crippen LogP contribution in [0.5, 0.6) is 5.75 Å². The fourth-order valence-corrected chi connectivity index (χ4v) is 4.13. The molecular formula is C24H29N3O. The largest absolute Gasteiger partial charge is 0.490 e. The molecule has 1 aliphatic heterocycles. The molecule has 2 heterocycles. The first-order valence-corrected chi connectivity index (χ1v) is 10.2. The highest BCUT2D eigenvalue weighted by atomic mass is 16.5. The lowest BCUT2D eigenvalue weighted by atomic mass is 9.98. The number of rotatable bonds is 5. The maximum Gasteiger partial charge on any atom is 0.119 e. The van der Waals surface area contributed by atoms with Gasteiger partial charge >= 0.3 is 0 Å². The van der Waals surface area contributed by atoms with E-state index in [-0.39, 0.29) is 6.04 Å². The highest BCUT2D eigenvalue weighted by molar-refractivity contribution is 5.88. The fraction of sp³-hybridized carbons (Fsp3) is 0.375. The smallest absolute Gasteiger partial charge is 0.119 e. The highest BCUT2D eigenvalue weighted by Crippen LogP contribution is 2.30. The van der Waals surface area contributed by atoms with Crippen molar-refractivity contribution in [2.45, 2.75) is 38.8 Å². The molecule has 4 nitrogen and oxygen atoms in total. The van der Waals surface area contributed by atoms with Crippen LogP contribution in [0.15, 0.2) is 54.7 Å². The van der Waals surface area contributed by atoms with Crippen LogP contribution in [0.25, 0.3) is 22.0 Å². The summed E-state index contributed by atoms with van der Waals surface area (Å²) in [6.07, 6.45) is 4.27. The van der Waals surface area contributed by atoms with Gasteiger partial charge in [-0.1, -0.05) is 30.3 Å². The van der Waals surface area contributed by atoms with E-state index in [1.165, 1.54) is 22.1 Å². The van der Waals surface area contributed by atoms with E-state index >= 15 is 0 Å². The van der Waals surface area contributed by atoms with E-state index in [1.54, 1.807) is 0 Å². The van der Waals surface area contributed by atoms with Crippen molar-refractivity contribution in [1.82, 2.24) is 9.88 Å². The Kier molecular flexibility index (Phi) is 5.60. The third kappa shape index (κ3) is 4.18. The summed E-state index contributed by atoms with van der Waals surface area (Å²) in [6, 6.07) is 17.1. The molecule has 3 aromatic rings. The van der Waals surface area contributed by atoms with Gasteiger partial charge in [-0.15, -0.1) is 0 Å². The first-order chi connectivity index (χ1) is 13.6. The molecule has 4 heteroatoms. The lowest BCUT2D eigenvalue weighted by Crippen LogP contribution is -2.43. The molecule has 1 aliphatic rings. The number of benzene rings is 2. The van der Waals surface area contributed by atoms with E-state index in [0.717, 1.165) is 43.7 Å². The second-order valence-corrected chi connectivity index (χ2v) is 7.93. The summed E-state index contributed by atoms with van der Waals surface area (Å²) in [5.74, 6) is 0.950. The minimum absolute atomic E-state index is 0.235. The van der Waals surface area contributed by atoms with Gasteiger partial charge in [-0.3, -0.25) is 4.98 Å². The van der Waals surface area contributed by atoms with Gasteiger partial charge in [0.05, 0.1) is 5.52 Å². The summed E-state index contributed by atoms with van der Waals surface area (Å²) in [5, 5.41) is 1.18. The zero-order valence-corrected chi connectivity index (χ0v) is 16.8. The molecule has 4 rings (SSSR count). The standard InChI is InChI=1S/C24H29N3O/c1-17(25)16-27-14-11-22(12-15-27)28-21-8-5-19(6-9-21)23-10-7-20-4-3-13-26-24(20)18(23)2/h3-10,13,17,22H,11-12,14-16,25H2,1-2H3/t17-/m0/s1. The van der Waals surface area contributed by atoms with Gasteiger partial charge < -0.3 is 15.4 Å². The minimum atomic E-state index is 0.235. The number of fused-ring (bicyclic) bond motifs is 1.